The Morgan fingerprint density at radius 1 is 0.943 bits per heavy atom. The van der Waals surface area contributed by atoms with Gasteiger partial charge in [-0.05, 0) is 73.3 Å². The number of hydrogen-bond acceptors (Lipinski definition) is 5. The molecule has 182 valence electrons. The quantitative estimate of drug-likeness (QED) is 0.426. The monoisotopic (exact) mass is 469 g/mol. The van der Waals surface area contributed by atoms with Crippen molar-refractivity contribution >= 4 is 16.6 Å². The van der Waals surface area contributed by atoms with Gasteiger partial charge in [0, 0.05) is 42.6 Å². The summed E-state index contributed by atoms with van der Waals surface area (Å²) in [4.78, 5) is 13.1. The number of hydrogen-bond donors (Lipinski definition) is 1. The number of rotatable bonds is 6. The van der Waals surface area contributed by atoms with Crippen LogP contribution >= 0.6 is 0 Å². The molecule has 0 radical (unpaired) electrons. The summed E-state index contributed by atoms with van der Waals surface area (Å²) in [7, 11) is 0. The lowest BCUT2D eigenvalue weighted by Crippen LogP contribution is -2.36. The molecule has 0 saturated carbocycles. The summed E-state index contributed by atoms with van der Waals surface area (Å²) in [6.45, 7) is 11.0. The van der Waals surface area contributed by atoms with Gasteiger partial charge in [0.1, 0.15) is 5.69 Å². The van der Waals surface area contributed by atoms with E-state index in [1.165, 1.54) is 66.6 Å². The average molecular weight is 470 g/mol. The number of nitrogens with one attached hydrogen (secondary N) is 1. The Hall–Kier alpha value is -3.19. The van der Waals surface area contributed by atoms with Gasteiger partial charge in [-0.2, -0.15) is 0 Å². The number of fused-ring (bicyclic) bond motifs is 1. The van der Waals surface area contributed by atoms with Crippen molar-refractivity contribution < 1.29 is 0 Å². The highest BCUT2D eigenvalue weighted by Crippen LogP contribution is 2.31. The Morgan fingerprint density at radius 3 is 2.60 bits per heavy atom. The van der Waals surface area contributed by atoms with E-state index in [1.807, 2.05) is 23.3 Å². The highest BCUT2D eigenvalue weighted by atomic mass is 15.4. The van der Waals surface area contributed by atoms with Crippen LogP contribution in [0.4, 0.5) is 5.69 Å². The highest BCUT2D eigenvalue weighted by Gasteiger charge is 2.25. The number of benzene rings is 1. The summed E-state index contributed by atoms with van der Waals surface area (Å²) in [6.07, 6.45) is 10.9. The predicted octanol–water partition coefficient (Wildman–Crippen LogP) is 5.09. The molecule has 4 aromatic rings. The minimum Gasteiger partial charge on any atom is -0.370 e. The van der Waals surface area contributed by atoms with Gasteiger partial charge < -0.3 is 9.88 Å². The fourth-order valence-corrected chi connectivity index (χ4v) is 5.39. The smallest absolute Gasteiger partial charge is 0.114 e. The largest absolute Gasteiger partial charge is 0.370 e. The Bertz CT molecular complexity index is 1300. The maximum atomic E-state index is 4.46. The number of anilines is 1. The molecule has 2 saturated heterocycles. The van der Waals surface area contributed by atoms with E-state index in [1.54, 1.807) is 0 Å². The first kappa shape index (κ1) is 22.3. The van der Waals surface area contributed by atoms with Gasteiger partial charge in [0.15, 0.2) is 0 Å². The predicted molar refractivity (Wildman–Crippen MR) is 140 cm³/mol. The van der Waals surface area contributed by atoms with E-state index >= 15 is 0 Å². The summed E-state index contributed by atoms with van der Waals surface area (Å²) in [6, 6.07) is 11.1. The molecule has 0 spiro atoms. The van der Waals surface area contributed by atoms with Crippen LogP contribution in [0.3, 0.4) is 0 Å². The Morgan fingerprint density at radius 2 is 1.77 bits per heavy atom. The number of pyridine rings is 1. The Kier molecular flexibility index (Phi) is 5.80. The van der Waals surface area contributed by atoms with Crippen LogP contribution in [0.1, 0.15) is 50.8 Å². The van der Waals surface area contributed by atoms with Crippen molar-refractivity contribution in [3.8, 4) is 11.3 Å². The molecule has 5 heterocycles. The van der Waals surface area contributed by atoms with Crippen molar-refractivity contribution in [1.29, 1.82) is 0 Å². The number of aromatic nitrogens is 5. The SMILES string of the molecule is CC1(C)CCN(Cc2cc3ccc(Cn4cc(-c5cncc(N6CCCC6)c5)nn4)cc3[nH]2)CC1. The lowest BCUT2D eigenvalue weighted by atomic mass is 9.83. The van der Waals surface area contributed by atoms with E-state index in [2.05, 4.69) is 74.3 Å². The first-order valence-electron chi connectivity index (χ1n) is 12.9. The Balaban J connectivity index is 1.14. The summed E-state index contributed by atoms with van der Waals surface area (Å²) in [5.74, 6) is 0. The minimum atomic E-state index is 0.486. The highest BCUT2D eigenvalue weighted by molar-refractivity contribution is 5.81. The first-order valence-corrected chi connectivity index (χ1v) is 12.9. The molecule has 7 heteroatoms. The molecule has 0 aliphatic carbocycles. The second-order valence-electron chi connectivity index (χ2n) is 11.1. The van der Waals surface area contributed by atoms with Crippen LogP contribution in [0.2, 0.25) is 0 Å². The van der Waals surface area contributed by atoms with E-state index in [9.17, 15) is 0 Å². The molecule has 1 aromatic carbocycles. The van der Waals surface area contributed by atoms with Gasteiger partial charge in [0.2, 0.25) is 0 Å². The van der Waals surface area contributed by atoms with Crippen molar-refractivity contribution in [1.82, 2.24) is 29.9 Å². The first-order chi connectivity index (χ1) is 17.0. The normalized spacial score (nSPS) is 18.5. The van der Waals surface area contributed by atoms with E-state index in [4.69, 9.17) is 0 Å². The van der Waals surface area contributed by atoms with Crippen LogP contribution in [-0.2, 0) is 13.1 Å². The summed E-state index contributed by atoms with van der Waals surface area (Å²) >= 11 is 0. The molecule has 2 fully saturated rings. The van der Waals surface area contributed by atoms with E-state index in [0.717, 1.165) is 30.9 Å². The molecule has 0 bridgehead atoms. The lowest BCUT2D eigenvalue weighted by molar-refractivity contribution is 0.126. The molecule has 0 atom stereocenters. The van der Waals surface area contributed by atoms with Gasteiger partial charge in [-0.1, -0.05) is 31.2 Å². The third kappa shape index (κ3) is 4.96. The van der Waals surface area contributed by atoms with Gasteiger partial charge in [0.25, 0.3) is 0 Å². The van der Waals surface area contributed by atoms with Crippen LogP contribution in [0.5, 0.6) is 0 Å². The number of aromatic amines is 1. The van der Waals surface area contributed by atoms with Gasteiger partial charge in [-0.25, -0.2) is 4.68 Å². The molecule has 2 aliphatic heterocycles. The van der Waals surface area contributed by atoms with Gasteiger partial charge in [-0.15, -0.1) is 5.10 Å². The second kappa shape index (κ2) is 9.11. The molecule has 1 N–H and O–H groups in total. The summed E-state index contributed by atoms with van der Waals surface area (Å²) in [5, 5.41) is 10.1. The molecule has 6 rings (SSSR count). The van der Waals surface area contributed by atoms with Crippen molar-refractivity contribution in [2.24, 2.45) is 5.41 Å². The van der Waals surface area contributed by atoms with E-state index in [0.29, 0.717) is 12.0 Å². The van der Waals surface area contributed by atoms with Crippen LogP contribution in [0.25, 0.3) is 22.2 Å². The van der Waals surface area contributed by atoms with E-state index < -0.39 is 0 Å². The standard InChI is InChI=1S/C28H35N7/c1-28(2)7-11-33(12-8-28)19-24-14-22-6-5-21(13-26(22)30-24)18-35-20-27(31-32-35)23-15-25(17-29-16-23)34-9-3-4-10-34/h5-6,13-17,20,30H,3-4,7-12,18-19H2,1-2H3. The maximum Gasteiger partial charge on any atom is 0.114 e. The van der Waals surface area contributed by atoms with Crippen molar-refractivity contribution in [3.63, 3.8) is 0 Å². The molecule has 2 aliphatic rings. The number of H-pyrrole nitrogens is 1. The molecular formula is C28H35N7. The zero-order valence-electron chi connectivity index (χ0n) is 20.9. The van der Waals surface area contributed by atoms with Gasteiger partial charge in [0.05, 0.1) is 24.6 Å². The Labute approximate surface area is 207 Å². The van der Waals surface area contributed by atoms with Crippen LogP contribution in [0, 0.1) is 5.41 Å². The number of piperidine rings is 1. The molecule has 0 unspecified atom stereocenters. The minimum absolute atomic E-state index is 0.486. The molecular weight excluding hydrogens is 434 g/mol. The summed E-state index contributed by atoms with van der Waals surface area (Å²) in [5.41, 5.74) is 7.25. The lowest BCUT2D eigenvalue weighted by Gasteiger charge is -2.36. The molecule has 3 aromatic heterocycles. The van der Waals surface area contributed by atoms with Crippen LogP contribution in [-0.4, -0.2) is 56.0 Å². The fourth-order valence-electron chi connectivity index (χ4n) is 5.39. The van der Waals surface area contributed by atoms with Crippen molar-refractivity contribution in [2.45, 2.75) is 52.6 Å². The number of nitrogens with zero attached hydrogens (tertiary/aromatic N) is 6. The maximum absolute atomic E-state index is 4.46. The zero-order valence-corrected chi connectivity index (χ0v) is 20.9. The molecule has 35 heavy (non-hydrogen) atoms. The second-order valence-corrected chi connectivity index (χ2v) is 11.1. The summed E-state index contributed by atoms with van der Waals surface area (Å²) < 4.78 is 1.92. The number of likely N-dealkylation sites (tertiary alicyclic amines) is 1. The van der Waals surface area contributed by atoms with Crippen molar-refractivity contribution in [3.05, 3.63) is 60.2 Å². The van der Waals surface area contributed by atoms with Crippen molar-refractivity contribution in [2.75, 3.05) is 31.1 Å². The fraction of sp³-hybridized carbons (Fsp3) is 0.464. The third-order valence-corrected chi connectivity index (χ3v) is 7.72. The van der Waals surface area contributed by atoms with Gasteiger partial charge in [-0.3, -0.25) is 9.88 Å². The van der Waals surface area contributed by atoms with Crippen LogP contribution in [0.15, 0.2) is 48.9 Å². The molecule has 7 nitrogen and oxygen atoms in total. The third-order valence-electron chi connectivity index (χ3n) is 7.72. The topological polar surface area (TPSA) is 65.9 Å². The molecule has 0 amide bonds. The van der Waals surface area contributed by atoms with E-state index in [-0.39, 0.29) is 0 Å². The van der Waals surface area contributed by atoms with Gasteiger partial charge >= 0.3 is 0 Å². The van der Waals surface area contributed by atoms with Crippen LogP contribution < -0.4 is 4.90 Å². The average Bonchev–Trinajstić information content (AvgIpc) is 3.61. The zero-order chi connectivity index (χ0) is 23.8.